The fourth-order valence-corrected chi connectivity index (χ4v) is 4.00. The predicted octanol–water partition coefficient (Wildman–Crippen LogP) is 5.40. The fourth-order valence-electron chi connectivity index (χ4n) is 3.64. The van der Waals surface area contributed by atoms with Crippen molar-refractivity contribution in [2.24, 2.45) is 5.10 Å². The Morgan fingerprint density at radius 1 is 1.21 bits per heavy atom. The van der Waals surface area contributed by atoms with E-state index in [2.05, 4.69) is 31.3 Å². The number of hydrogen-bond acceptors (Lipinski definition) is 7. The van der Waals surface area contributed by atoms with E-state index in [-0.39, 0.29) is 11.4 Å². The summed E-state index contributed by atoms with van der Waals surface area (Å²) in [5.74, 6) is -1.06. The van der Waals surface area contributed by atoms with Crippen molar-refractivity contribution >= 4 is 50.3 Å². The molecule has 0 aliphatic rings. The fraction of sp³-hybridized carbons (Fsp3) is 0.185. The van der Waals surface area contributed by atoms with Gasteiger partial charge in [0, 0.05) is 21.5 Å². The van der Waals surface area contributed by atoms with E-state index in [0.717, 1.165) is 0 Å². The van der Waals surface area contributed by atoms with E-state index in [9.17, 15) is 24.1 Å². The van der Waals surface area contributed by atoms with Crippen LogP contribution in [-0.2, 0) is 10.2 Å². The molecule has 1 heterocycles. The van der Waals surface area contributed by atoms with Crippen LogP contribution in [0, 0.1) is 15.9 Å². The molecule has 4 rings (SSSR count). The molecule has 0 spiro atoms. The third kappa shape index (κ3) is 6.34. The zero-order chi connectivity index (χ0) is 28.3. The van der Waals surface area contributed by atoms with Crippen molar-refractivity contribution in [2.75, 3.05) is 11.9 Å². The number of benzene rings is 3. The van der Waals surface area contributed by atoms with E-state index in [1.165, 1.54) is 47.3 Å². The Balaban J connectivity index is 1.61. The molecular formula is C27H23BrFN5O5. The molecule has 4 aromatic rings. The number of nitrogens with one attached hydrogen (secondary N) is 1. The van der Waals surface area contributed by atoms with Gasteiger partial charge in [-0.2, -0.15) is 9.78 Å². The first kappa shape index (κ1) is 27.6. The Labute approximate surface area is 230 Å². The summed E-state index contributed by atoms with van der Waals surface area (Å²) in [5, 5.41) is 18.7. The van der Waals surface area contributed by atoms with Gasteiger partial charge in [0.25, 0.3) is 11.5 Å². The minimum atomic E-state index is -0.690. The zero-order valence-corrected chi connectivity index (χ0v) is 22.7. The van der Waals surface area contributed by atoms with Crippen LogP contribution in [-0.4, -0.2) is 33.3 Å². The van der Waals surface area contributed by atoms with Gasteiger partial charge in [0.15, 0.2) is 12.4 Å². The maximum absolute atomic E-state index is 13.7. The van der Waals surface area contributed by atoms with Gasteiger partial charge in [-0.15, -0.1) is 0 Å². The van der Waals surface area contributed by atoms with Gasteiger partial charge in [0.2, 0.25) is 0 Å². The van der Waals surface area contributed by atoms with Gasteiger partial charge < -0.3 is 10.1 Å². The van der Waals surface area contributed by atoms with Crippen LogP contribution in [0.15, 0.2) is 75.0 Å². The molecule has 0 radical (unpaired) electrons. The predicted molar refractivity (Wildman–Crippen MR) is 149 cm³/mol. The summed E-state index contributed by atoms with van der Waals surface area (Å²) in [6.45, 7) is 5.10. The van der Waals surface area contributed by atoms with Gasteiger partial charge in [-0.1, -0.05) is 48.8 Å². The third-order valence-corrected chi connectivity index (χ3v) is 5.98. The molecule has 0 aliphatic carbocycles. The summed E-state index contributed by atoms with van der Waals surface area (Å²) in [4.78, 5) is 41.1. The lowest BCUT2D eigenvalue weighted by Crippen LogP contribution is -2.29. The molecule has 3 aromatic carbocycles. The molecule has 12 heteroatoms. The number of nitrogens with zero attached hydrogens (tertiary/aromatic N) is 4. The number of ether oxygens (including phenoxy) is 1. The van der Waals surface area contributed by atoms with Gasteiger partial charge >= 0.3 is 5.69 Å². The number of nitro groups is 1. The van der Waals surface area contributed by atoms with Crippen molar-refractivity contribution < 1.29 is 18.8 Å². The third-order valence-electron chi connectivity index (χ3n) is 5.49. The molecule has 0 atom stereocenters. The van der Waals surface area contributed by atoms with Crippen LogP contribution in [0.4, 0.5) is 15.8 Å². The summed E-state index contributed by atoms with van der Waals surface area (Å²) >= 11 is 3.36. The van der Waals surface area contributed by atoms with Crippen molar-refractivity contribution in [1.29, 1.82) is 0 Å². The van der Waals surface area contributed by atoms with Crippen LogP contribution in [0.25, 0.3) is 10.9 Å². The Morgan fingerprint density at radius 3 is 2.64 bits per heavy atom. The summed E-state index contributed by atoms with van der Waals surface area (Å²) < 4.78 is 21.0. The number of carbonyl (C=O) groups is 1. The molecule has 0 unspecified atom stereocenters. The molecule has 1 amide bonds. The molecule has 0 aliphatic heterocycles. The van der Waals surface area contributed by atoms with Gasteiger partial charge in [-0.25, -0.2) is 9.37 Å². The first-order valence-electron chi connectivity index (χ1n) is 11.7. The maximum Gasteiger partial charge on any atom is 0.311 e. The van der Waals surface area contributed by atoms with Crippen LogP contribution >= 0.6 is 15.9 Å². The smallest absolute Gasteiger partial charge is 0.311 e. The molecule has 200 valence electrons. The molecule has 39 heavy (non-hydrogen) atoms. The lowest BCUT2D eigenvalue weighted by Gasteiger charge is -2.20. The van der Waals surface area contributed by atoms with Crippen LogP contribution in [0.2, 0.25) is 0 Å². The first-order chi connectivity index (χ1) is 18.4. The van der Waals surface area contributed by atoms with Gasteiger partial charge in [-0.05, 0) is 42.5 Å². The van der Waals surface area contributed by atoms with Gasteiger partial charge in [-0.3, -0.25) is 19.7 Å². The number of rotatable bonds is 7. The van der Waals surface area contributed by atoms with Crippen LogP contribution in [0.5, 0.6) is 5.75 Å². The van der Waals surface area contributed by atoms with E-state index >= 15 is 0 Å². The first-order valence-corrected chi connectivity index (χ1v) is 12.5. The molecule has 0 bridgehead atoms. The van der Waals surface area contributed by atoms with E-state index in [0.29, 0.717) is 26.8 Å². The Hall–Kier alpha value is -4.45. The minimum Gasteiger partial charge on any atom is -0.477 e. The largest absolute Gasteiger partial charge is 0.477 e. The number of para-hydroxylation sites is 1. The van der Waals surface area contributed by atoms with E-state index in [1.54, 1.807) is 24.3 Å². The van der Waals surface area contributed by atoms with E-state index in [1.807, 2.05) is 20.8 Å². The highest BCUT2D eigenvalue weighted by atomic mass is 79.9. The highest BCUT2D eigenvalue weighted by Gasteiger charge is 2.23. The normalized spacial score (nSPS) is 11.6. The molecule has 1 aromatic heterocycles. The van der Waals surface area contributed by atoms with E-state index < -0.39 is 39.9 Å². The van der Waals surface area contributed by atoms with Crippen molar-refractivity contribution in [3.8, 4) is 5.75 Å². The summed E-state index contributed by atoms with van der Waals surface area (Å²) in [6, 6.07) is 14.8. The van der Waals surface area contributed by atoms with Crippen molar-refractivity contribution in [3.05, 3.63) is 103 Å². The second-order valence-electron chi connectivity index (χ2n) is 9.51. The molecule has 0 saturated heterocycles. The lowest BCUT2D eigenvalue weighted by molar-refractivity contribution is -0.385. The van der Waals surface area contributed by atoms with Crippen molar-refractivity contribution in [2.45, 2.75) is 26.2 Å². The summed E-state index contributed by atoms with van der Waals surface area (Å²) in [7, 11) is 0. The zero-order valence-electron chi connectivity index (χ0n) is 21.1. The van der Waals surface area contributed by atoms with Crippen LogP contribution in [0.3, 0.4) is 0 Å². The standard InChI is InChI=1S/C27H23BrFN5O5/c1-27(2,3)26-32-20-10-9-17(28)13-18(20)25(36)33(26)30-14-16-8-11-23(22(12-16)34(37)38)39-15-24(35)31-21-7-5-4-6-19(21)29/h4-14H,15H2,1-3H3,(H,31,35). The SMILES string of the molecule is CC(C)(C)c1nc2ccc(Br)cc2c(=O)n1N=Cc1ccc(OCC(=O)Nc2ccccc2F)c([N+](=O)[O-])c1. The van der Waals surface area contributed by atoms with Crippen molar-refractivity contribution in [1.82, 2.24) is 9.66 Å². The van der Waals surface area contributed by atoms with Gasteiger partial charge in [0.1, 0.15) is 11.6 Å². The quantitative estimate of drug-likeness (QED) is 0.173. The monoisotopic (exact) mass is 595 g/mol. The molecule has 1 N–H and O–H groups in total. The highest BCUT2D eigenvalue weighted by molar-refractivity contribution is 9.10. The second kappa shape index (κ2) is 11.1. The number of fused-ring (bicyclic) bond motifs is 1. The number of aromatic nitrogens is 2. The van der Waals surface area contributed by atoms with Crippen molar-refractivity contribution in [3.63, 3.8) is 0 Å². The molecule has 0 saturated carbocycles. The Morgan fingerprint density at radius 2 is 1.95 bits per heavy atom. The van der Waals surface area contributed by atoms with Crippen LogP contribution in [0.1, 0.15) is 32.2 Å². The lowest BCUT2D eigenvalue weighted by atomic mass is 9.95. The number of halogens is 2. The number of anilines is 1. The van der Waals surface area contributed by atoms with Gasteiger partial charge in [0.05, 0.1) is 27.7 Å². The number of amides is 1. The topological polar surface area (TPSA) is 129 Å². The molecule has 0 fully saturated rings. The summed E-state index contributed by atoms with van der Waals surface area (Å²) in [5.41, 5.74) is -0.543. The average Bonchev–Trinajstić information content (AvgIpc) is 2.88. The number of carbonyl (C=O) groups excluding carboxylic acids is 1. The van der Waals surface area contributed by atoms with E-state index in [4.69, 9.17) is 4.74 Å². The molecular weight excluding hydrogens is 573 g/mol. The maximum atomic E-state index is 13.7. The number of hydrogen-bond donors (Lipinski definition) is 1. The Kier molecular flexibility index (Phi) is 7.86. The molecule has 10 nitrogen and oxygen atoms in total. The van der Waals surface area contributed by atoms with Crippen LogP contribution < -0.4 is 15.6 Å². The highest BCUT2D eigenvalue weighted by Crippen LogP contribution is 2.28. The second-order valence-corrected chi connectivity index (χ2v) is 10.4. The minimum absolute atomic E-state index is 0.0347. The summed E-state index contributed by atoms with van der Waals surface area (Å²) in [6.07, 6.45) is 1.31. The Bertz CT molecular complexity index is 1680. The average molecular weight is 596 g/mol. The number of nitro benzene ring substituents is 1.